The molecule has 0 spiro atoms. The monoisotopic (exact) mass is 248 g/mol. The topological polar surface area (TPSA) is 46.3 Å². The number of nitrogens with two attached hydrogens (primary N) is 1. The summed E-state index contributed by atoms with van der Waals surface area (Å²) in [5, 5.41) is 0. The minimum absolute atomic E-state index is 0.169. The smallest absolute Gasteiger partial charge is 0.226 e. The number of nitrogens with zero attached hydrogens (tertiary/aromatic N) is 1. The molecule has 0 bridgehead atoms. The third-order valence-electron chi connectivity index (χ3n) is 3.31. The lowest BCUT2D eigenvalue weighted by atomic mass is 10.0. The van der Waals surface area contributed by atoms with Gasteiger partial charge in [-0.2, -0.15) is 0 Å². The molecule has 2 N–H and O–H groups in total. The van der Waals surface area contributed by atoms with Crippen LogP contribution in [0.3, 0.4) is 0 Å². The Kier molecular flexibility index (Phi) is 5.86. The van der Waals surface area contributed by atoms with Crippen molar-refractivity contribution >= 4 is 11.6 Å². The number of carbonyl (C=O) groups excluding carboxylic acids is 1. The van der Waals surface area contributed by atoms with E-state index in [1.807, 2.05) is 38.2 Å². The maximum absolute atomic E-state index is 12.0. The van der Waals surface area contributed by atoms with E-state index in [0.29, 0.717) is 18.9 Å². The summed E-state index contributed by atoms with van der Waals surface area (Å²) in [5.74, 6) is 0.688. The van der Waals surface area contributed by atoms with Crippen molar-refractivity contribution in [1.29, 1.82) is 0 Å². The molecular weight excluding hydrogens is 224 g/mol. The van der Waals surface area contributed by atoms with Crippen molar-refractivity contribution in [3.63, 3.8) is 0 Å². The van der Waals surface area contributed by atoms with Crippen LogP contribution in [0.5, 0.6) is 0 Å². The van der Waals surface area contributed by atoms with Gasteiger partial charge in [0.25, 0.3) is 0 Å². The molecule has 100 valence electrons. The first-order valence-electron chi connectivity index (χ1n) is 6.58. The zero-order chi connectivity index (χ0) is 13.5. The van der Waals surface area contributed by atoms with Gasteiger partial charge in [-0.15, -0.1) is 0 Å². The molecule has 1 rings (SSSR count). The van der Waals surface area contributed by atoms with Gasteiger partial charge in [-0.3, -0.25) is 4.79 Å². The third-order valence-corrected chi connectivity index (χ3v) is 3.31. The largest absolute Gasteiger partial charge is 0.330 e. The highest BCUT2D eigenvalue weighted by atomic mass is 16.2. The van der Waals surface area contributed by atoms with E-state index in [9.17, 15) is 4.79 Å². The maximum Gasteiger partial charge on any atom is 0.226 e. The molecular formula is C15H24N2O. The van der Waals surface area contributed by atoms with Crippen molar-refractivity contribution in [2.24, 2.45) is 11.7 Å². The van der Waals surface area contributed by atoms with Crippen molar-refractivity contribution in [1.82, 2.24) is 0 Å². The highest BCUT2D eigenvalue weighted by Gasteiger charge is 2.12. The van der Waals surface area contributed by atoms with Gasteiger partial charge in [-0.1, -0.05) is 24.6 Å². The molecule has 3 nitrogen and oxygen atoms in total. The molecule has 0 aliphatic rings. The van der Waals surface area contributed by atoms with E-state index in [4.69, 9.17) is 5.73 Å². The van der Waals surface area contributed by atoms with Gasteiger partial charge in [0.05, 0.1) is 0 Å². The minimum Gasteiger partial charge on any atom is -0.330 e. The second-order valence-corrected chi connectivity index (χ2v) is 5.01. The van der Waals surface area contributed by atoms with Gasteiger partial charge < -0.3 is 10.6 Å². The lowest BCUT2D eigenvalue weighted by Crippen LogP contribution is -2.26. The highest BCUT2D eigenvalue weighted by molar-refractivity contribution is 5.92. The van der Waals surface area contributed by atoms with Crippen molar-refractivity contribution < 1.29 is 4.79 Å². The Hall–Kier alpha value is -1.35. The molecule has 0 heterocycles. The van der Waals surface area contributed by atoms with Gasteiger partial charge in [0, 0.05) is 19.2 Å². The predicted molar refractivity (Wildman–Crippen MR) is 76.7 cm³/mol. The Morgan fingerprint density at radius 2 is 1.89 bits per heavy atom. The molecule has 1 aromatic carbocycles. The van der Waals surface area contributed by atoms with Gasteiger partial charge in [0.1, 0.15) is 0 Å². The number of carbonyl (C=O) groups is 1. The van der Waals surface area contributed by atoms with Crippen molar-refractivity contribution in [2.75, 3.05) is 18.5 Å². The van der Waals surface area contributed by atoms with E-state index in [1.165, 1.54) is 5.56 Å². The fourth-order valence-corrected chi connectivity index (χ4v) is 1.88. The number of anilines is 1. The van der Waals surface area contributed by atoms with Gasteiger partial charge in [-0.05, 0) is 44.4 Å². The Balaban J connectivity index is 2.48. The number of hydrogen-bond acceptors (Lipinski definition) is 2. The first-order valence-corrected chi connectivity index (χ1v) is 6.58. The first-order chi connectivity index (χ1) is 8.54. The minimum atomic E-state index is 0.169. The van der Waals surface area contributed by atoms with Crippen LogP contribution in [0.1, 0.15) is 31.7 Å². The number of rotatable bonds is 6. The second-order valence-electron chi connectivity index (χ2n) is 5.01. The zero-order valence-corrected chi connectivity index (χ0v) is 11.6. The molecule has 0 saturated carbocycles. The molecule has 1 amide bonds. The van der Waals surface area contributed by atoms with Crippen molar-refractivity contribution in [3.8, 4) is 0 Å². The van der Waals surface area contributed by atoms with Crippen LogP contribution in [0, 0.1) is 12.8 Å². The summed E-state index contributed by atoms with van der Waals surface area (Å²) in [6.45, 7) is 4.88. The average molecular weight is 248 g/mol. The molecule has 1 unspecified atom stereocenters. The summed E-state index contributed by atoms with van der Waals surface area (Å²) in [6, 6.07) is 8.01. The molecule has 0 saturated heterocycles. The number of amides is 1. The van der Waals surface area contributed by atoms with Gasteiger partial charge in [0.2, 0.25) is 5.91 Å². The molecule has 0 aromatic heterocycles. The van der Waals surface area contributed by atoms with E-state index in [1.54, 1.807) is 4.90 Å². The molecule has 3 heteroatoms. The normalized spacial score (nSPS) is 12.2. The molecule has 1 aromatic rings. The van der Waals surface area contributed by atoms with Crippen LogP contribution >= 0.6 is 0 Å². The number of hydrogen-bond donors (Lipinski definition) is 1. The SMILES string of the molecule is Cc1ccc(N(C)C(=O)CCC(C)CCN)cc1. The van der Waals surface area contributed by atoms with E-state index < -0.39 is 0 Å². The zero-order valence-electron chi connectivity index (χ0n) is 11.6. The highest BCUT2D eigenvalue weighted by Crippen LogP contribution is 2.16. The maximum atomic E-state index is 12.0. The van der Waals surface area contributed by atoms with Gasteiger partial charge >= 0.3 is 0 Å². The molecule has 0 fully saturated rings. The summed E-state index contributed by atoms with van der Waals surface area (Å²) in [4.78, 5) is 13.8. The lowest BCUT2D eigenvalue weighted by Gasteiger charge is -2.18. The fraction of sp³-hybridized carbons (Fsp3) is 0.533. The first kappa shape index (κ1) is 14.7. The molecule has 0 radical (unpaired) electrons. The van der Waals surface area contributed by atoms with Crippen molar-refractivity contribution in [2.45, 2.75) is 33.1 Å². The molecule has 0 aliphatic carbocycles. The third kappa shape index (κ3) is 4.49. The lowest BCUT2D eigenvalue weighted by molar-refractivity contribution is -0.118. The van der Waals surface area contributed by atoms with E-state index in [2.05, 4.69) is 6.92 Å². The van der Waals surface area contributed by atoms with E-state index >= 15 is 0 Å². The number of aryl methyl sites for hydroxylation is 1. The summed E-state index contributed by atoms with van der Waals surface area (Å²) in [7, 11) is 1.83. The second kappa shape index (κ2) is 7.17. The van der Waals surface area contributed by atoms with Gasteiger partial charge in [0.15, 0.2) is 0 Å². The fourth-order valence-electron chi connectivity index (χ4n) is 1.88. The summed E-state index contributed by atoms with van der Waals surface area (Å²) in [5.41, 5.74) is 7.67. The summed E-state index contributed by atoms with van der Waals surface area (Å²) < 4.78 is 0. The van der Waals surface area contributed by atoms with Crippen LogP contribution in [0.2, 0.25) is 0 Å². The van der Waals surface area contributed by atoms with Crippen LogP contribution in [-0.4, -0.2) is 19.5 Å². The molecule has 0 aliphatic heterocycles. The van der Waals surface area contributed by atoms with Crippen LogP contribution in [0.15, 0.2) is 24.3 Å². The molecule has 1 atom stereocenters. The van der Waals surface area contributed by atoms with Crippen LogP contribution in [-0.2, 0) is 4.79 Å². The van der Waals surface area contributed by atoms with E-state index in [0.717, 1.165) is 18.5 Å². The number of benzene rings is 1. The van der Waals surface area contributed by atoms with E-state index in [-0.39, 0.29) is 5.91 Å². The molecule has 18 heavy (non-hydrogen) atoms. The predicted octanol–water partition coefficient (Wildman–Crippen LogP) is 2.72. The standard InChI is InChI=1S/C15H24N2O/c1-12-4-7-14(8-5-12)17(3)15(18)9-6-13(2)10-11-16/h4-5,7-8,13H,6,9-11,16H2,1-3H3. The summed E-state index contributed by atoms with van der Waals surface area (Å²) in [6.07, 6.45) is 2.49. The summed E-state index contributed by atoms with van der Waals surface area (Å²) >= 11 is 0. The Labute approximate surface area is 110 Å². The van der Waals surface area contributed by atoms with Gasteiger partial charge in [-0.25, -0.2) is 0 Å². The van der Waals surface area contributed by atoms with Crippen LogP contribution in [0.4, 0.5) is 5.69 Å². The Bertz CT molecular complexity index is 373. The van der Waals surface area contributed by atoms with Crippen LogP contribution in [0.25, 0.3) is 0 Å². The van der Waals surface area contributed by atoms with Crippen LogP contribution < -0.4 is 10.6 Å². The Morgan fingerprint density at radius 1 is 1.28 bits per heavy atom. The van der Waals surface area contributed by atoms with Crippen molar-refractivity contribution in [3.05, 3.63) is 29.8 Å². The quantitative estimate of drug-likeness (QED) is 0.841. The average Bonchev–Trinajstić information content (AvgIpc) is 2.36. The Morgan fingerprint density at radius 3 is 2.44 bits per heavy atom.